The number of benzene rings is 1. The molecule has 0 bridgehead atoms. The normalized spacial score (nSPS) is 8.69. The van der Waals surface area contributed by atoms with Crippen LogP contribution in [0.15, 0.2) is 29.8 Å². The van der Waals surface area contributed by atoms with Gasteiger partial charge in [0.05, 0.1) is 6.61 Å². The van der Waals surface area contributed by atoms with Crippen molar-refractivity contribution in [3.63, 3.8) is 0 Å². The first-order valence-electron chi connectivity index (χ1n) is 4.66. The fourth-order valence-corrected chi connectivity index (χ4v) is 1.13. The average Bonchev–Trinajstić information content (AvgIpc) is 2.34. The standard InChI is InChI=1S/C12H10N2O2/c13-8-10(9-14)7-11-3-1-2-4-12(11)16-6-5-15/h1-4,7,15H,5-6H2. The third-order valence-corrected chi connectivity index (χ3v) is 1.81. The monoisotopic (exact) mass is 214 g/mol. The van der Waals surface area contributed by atoms with Gasteiger partial charge in [-0.25, -0.2) is 0 Å². The molecule has 1 rings (SSSR count). The quantitative estimate of drug-likeness (QED) is 0.770. The number of rotatable bonds is 4. The minimum Gasteiger partial charge on any atom is -0.491 e. The van der Waals surface area contributed by atoms with Gasteiger partial charge in [0.25, 0.3) is 0 Å². The van der Waals surface area contributed by atoms with Crippen molar-refractivity contribution in [2.45, 2.75) is 0 Å². The van der Waals surface area contributed by atoms with E-state index >= 15 is 0 Å². The van der Waals surface area contributed by atoms with Crippen molar-refractivity contribution < 1.29 is 9.84 Å². The fourth-order valence-electron chi connectivity index (χ4n) is 1.13. The number of hydrogen-bond donors (Lipinski definition) is 1. The minimum atomic E-state index is -0.0819. The van der Waals surface area contributed by atoms with Gasteiger partial charge in [0.2, 0.25) is 0 Å². The van der Waals surface area contributed by atoms with Gasteiger partial charge in [0.1, 0.15) is 30.1 Å². The molecule has 4 nitrogen and oxygen atoms in total. The summed E-state index contributed by atoms with van der Waals surface area (Å²) in [6, 6.07) is 10.6. The topological polar surface area (TPSA) is 77.0 Å². The molecule has 0 radical (unpaired) electrons. The van der Waals surface area contributed by atoms with Gasteiger partial charge in [-0.3, -0.25) is 0 Å². The number of hydrogen-bond acceptors (Lipinski definition) is 4. The van der Waals surface area contributed by atoms with Gasteiger partial charge < -0.3 is 9.84 Å². The van der Waals surface area contributed by atoms with E-state index in [-0.39, 0.29) is 18.8 Å². The van der Waals surface area contributed by atoms with Gasteiger partial charge in [-0.05, 0) is 12.1 Å². The Hall–Kier alpha value is -2.30. The number of allylic oxidation sites excluding steroid dienone is 1. The summed E-state index contributed by atoms with van der Waals surface area (Å²) in [5.41, 5.74) is 0.661. The number of aliphatic hydroxyl groups is 1. The average molecular weight is 214 g/mol. The van der Waals surface area contributed by atoms with Crippen molar-refractivity contribution >= 4 is 6.08 Å². The van der Waals surface area contributed by atoms with Crippen molar-refractivity contribution in [2.24, 2.45) is 0 Å². The minimum absolute atomic E-state index is 0.0139. The van der Waals surface area contributed by atoms with Crippen molar-refractivity contribution in [3.05, 3.63) is 35.4 Å². The number of aliphatic hydroxyl groups excluding tert-OH is 1. The van der Waals surface area contributed by atoms with Crippen molar-refractivity contribution in [1.82, 2.24) is 0 Å². The predicted octanol–water partition coefficient (Wildman–Crippen LogP) is 1.49. The zero-order valence-electron chi connectivity index (χ0n) is 8.55. The summed E-state index contributed by atoms with van der Waals surface area (Å²) < 4.78 is 5.26. The first-order chi connectivity index (χ1) is 7.81. The van der Waals surface area contributed by atoms with Crippen LogP contribution in [-0.4, -0.2) is 18.3 Å². The van der Waals surface area contributed by atoms with E-state index in [1.165, 1.54) is 6.08 Å². The first-order valence-corrected chi connectivity index (χ1v) is 4.66. The highest BCUT2D eigenvalue weighted by molar-refractivity contribution is 5.66. The lowest BCUT2D eigenvalue weighted by atomic mass is 10.1. The zero-order chi connectivity index (χ0) is 11.8. The molecule has 0 aliphatic heterocycles. The van der Waals surface area contributed by atoms with E-state index in [4.69, 9.17) is 20.4 Å². The van der Waals surface area contributed by atoms with E-state index in [2.05, 4.69) is 0 Å². The molecule has 0 spiro atoms. The Bertz CT molecular complexity index is 451. The Kier molecular flexibility index (Phi) is 4.59. The van der Waals surface area contributed by atoms with Crippen molar-refractivity contribution in [3.8, 4) is 17.9 Å². The molecule has 1 aromatic rings. The van der Waals surface area contributed by atoms with Crippen LogP contribution in [0.5, 0.6) is 5.75 Å². The van der Waals surface area contributed by atoms with Crippen molar-refractivity contribution in [1.29, 1.82) is 10.5 Å². The SMILES string of the molecule is N#CC(C#N)=Cc1ccccc1OCCO. The highest BCUT2D eigenvalue weighted by atomic mass is 16.5. The Morgan fingerprint density at radius 1 is 1.31 bits per heavy atom. The lowest BCUT2D eigenvalue weighted by molar-refractivity contribution is 0.201. The number of nitrogens with zero attached hydrogens (tertiary/aromatic N) is 2. The molecule has 0 atom stereocenters. The molecule has 0 aliphatic carbocycles. The zero-order valence-corrected chi connectivity index (χ0v) is 8.55. The molecule has 80 valence electrons. The summed E-state index contributed by atoms with van der Waals surface area (Å²) in [4.78, 5) is 0. The highest BCUT2D eigenvalue weighted by Crippen LogP contribution is 2.20. The third kappa shape index (κ3) is 3.13. The van der Waals surface area contributed by atoms with E-state index in [1.807, 2.05) is 0 Å². The van der Waals surface area contributed by atoms with E-state index < -0.39 is 0 Å². The van der Waals surface area contributed by atoms with Crippen LogP contribution in [0.2, 0.25) is 0 Å². The lowest BCUT2D eigenvalue weighted by Crippen LogP contribution is -2.02. The molecule has 0 amide bonds. The van der Waals surface area contributed by atoms with Gasteiger partial charge in [0, 0.05) is 5.56 Å². The number of ether oxygens (including phenoxy) is 1. The molecule has 0 aromatic heterocycles. The molecule has 0 saturated carbocycles. The van der Waals surface area contributed by atoms with E-state index in [9.17, 15) is 0 Å². The van der Waals surface area contributed by atoms with Crippen LogP contribution in [0.25, 0.3) is 6.08 Å². The van der Waals surface area contributed by atoms with E-state index in [0.717, 1.165) is 0 Å². The molecule has 0 heterocycles. The number of nitriles is 2. The highest BCUT2D eigenvalue weighted by Gasteiger charge is 2.01. The van der Waals surface area contributed by atoms with E-state index in [0.29, 0.717) is 11.3 Å². The summed E-state index contributed by atoms with van der Waals surface area (Å²) in [6.45, 7) is 0.0979. The molecule has 0 unspecified atom stereocenters. The molecule has 1 N–H and O–H groups in total. The van der Waals surface area contributed by atoms with Gasteiger partial charge in [0.15, 0.2) is 0 Å². The second-order valence-electron chi connectivity index (χ2n) is 2.89. The van der Waals surface area contributed by atoms with Crippen molar-refractivity contribution in [2.75, 3.05) is 13.2 Å². The fraction of sp³-hybridized carbons (Fsp3) is 0.167. The summed E-state index contributed by atoms with van der Waals surface area (Å²) in [5.74, 6) is 0.541. The molecule has 0 aliphatic rings. The third-order valence-electron chi connectivity index (χ3n) is 1.81. The van der Waals surface area contributed by atoms with Crippen LogP contribution in [0.1, 0.15) is 5.56 Å². The largest absolute Gasteiger partial charge is 0.491 e. The Morgan fingerprint density at radius 2 is 2.00 bits per heavy atom. The Morgan fingerprint density at radius 3 is 2.62 bits per heavy atom. The summed E-state index contributed by atoms with van der Waals surface area (Å²) in [5, 5.41) is 25.9. The molecular weight excluding hydrogens is 204 g/mol. The molecule has 1 aromatic carbocycles. The lowest BCUT2D eigenvalue weighted by Gasteiger charge is -2.06. The predicted molar refractivity (Wildman–Crippen MR) is 58.2 cm³/mol. The van der Waals surface area contributed by atoms with Gasteiger partial charge in [-0.1, -0.05) is 18.2 Å². The second-order valence-corrected chi connectivity index (χ2v) is 2.89. The Balaban J connectivity index is 3.01. The van der Waals surface area contributed by atoms with Gasteiger partial charge in [-0.15, -0.1) is 0 Å². The van der Waals surface area contributed by atoms with Crippen LogP contribution < -0.4 is 4.74 Å². The first kappa shape index (κ1) is 11.8. The van der Waals surface area contributed by atoms with Gasteiger partial charge in [-0.2, -0.15) is 10.5 Å². The Labute approximate surface area is 93.6 Å². The molecule has 0 fully saturated rings. The van der Waals surface area contributed by atoms with E-state index in [1.54, 1.807) is 36.4 Å². The maximum atomic E-state index is 8.65. The van der Waals surface area contributed by atoms with Crippen LogP contribution >= 0.6 is 0 Å². The summed E-state index contributed by atoms with van der Waals surface area (Å²) in [6.07, 6.45) is 1.45. The summed E-state index contributed by atoms with van der Waals surface area (Å²) >= 11 is 0. The molecule has 16 heavy (non-hydrogen) atoms. The summed E-state index contributed by atoms with van der Waals surface area (Å²) in [7, 11) is 0. The maximum Gasteiger partial charge on any atom is 0.130 e. The van der Waals surface area contributed by atoms with Crippen LogP contribution in [0.4, 0.5) is 0 Å². The van der Waals surface area contributed by atoms with Crippen LogP contribution in [0, 0.1) is 22.7 Å². The van der Waals surface area contributed by atoms with Crippen LogP contribution in [-0.2, 0) is 0 Å². The van der Waals surface area contributed by atoms with Gasteiger partial charge >= 0.3 is 0 Å². The molecule has 4 heteroatoms. The smallest absolute Gasteiger partial charge is 0.130 e. The maximum absolute atomic E-state index is 8.65. The second kappa shape index (κ2) is 6.23. The molecule has 0 saturated heterocycles. The van der Waals surface area contributed by atoms with Crippen LogP contribution in [0.3, 0.4) is 0 Å². The number of para-hydroxylation sites is 1. The molecular formula is C12H10N2O2.